The molecule has 0 bridgehead atoms. The molecular weight excluding hydrogens is 200 g/mol. The molecule has 0 aromatic rings. The highest BCUT2D eigenvalue weighted by Gasteiger charge is 2.24. The Bertz CT molecular complexity index is 255. The minimum Gasteiger partial charge on any atom is -0.335 e. The zero-order chi connectivity index (χ0) is 12.0. The molecule has 1 unspecified atom stereocenters. The summed E-state index contributed by atoms with van der Waals surface area (Å²) in [7, 11) is 0. The lowest BCUT2D eigenvalue weighted by Crippen LogP contribution is -2.48. The number of piperidine rings is 1. The van der Waals surface area contributed by atoms with E-state index in [1.54, 1.807) is 0 Å². The number of hydrogen-bond donors (Lipinski definition) is 1. The van der Waals surface area contributed by atoms with Gasteiger partial charge in [-0.25, -0.2) is 0 Å². The molecular formula is C13H24N2O. The van der Waals surface area contributed by atoms with E-state index in [4.69, 9.17) is 0 Å². The third kappa shape index (κ3) is 3.34. The minimum atomic E-state index is 0.207. The van der Waals surface area contributed by atoms with E-state index in [2.05, 4.69) is 19.2 Å². The molecule has 1 atom stereocenters. The van der Waals surface area contributed by atoms with Crippen LogP contribution in [0.4, 0.5) is 0 Å². The van der Waals surface area contributed by atoms with Crippen LogP contribution >= 0.6 is 0 Å². The molecule has 1 saturated heterocycles. The number of allylic oxidation sites excluding steroid dienone is 1. The zero-order valence-corrected chi connectivity index (χ0v) is 10.8. The average Bonchev–Trinajstić information content (AvgIpc) is 2.31. The molecule has 0 aromatic heterocycles. The highest BCUT2D eigenvalue weighted by atomic mass is 16.2. The van der Waals surface area contributed by atoms with Crippen LogP contribution < -0.4 is 5.32 Å². The van der Waals surface area contributed by atoms with Crippen molar-refractivity contribution in [1.82, 2.24) is 10.2 Å². The monoisotopic (exact) mass is 224 g/mol. The van der Waals surface area contributed by atoms with Crippen molar-refractivity contribution in [2.75, 3.05) is 19.6 Å². The van der Waals surface area contributed by atoms with Gasteiger partial charge in [0.2, 0.25) is 5.91 Å². The fourth-order valence-electron chi connectivity index (χ4n) is 2.29. The first kappa shape index (κ1) is 13.2. The molecule has 1 amide bonds. The molecule has 92 valence electrons. The normalized spacial score (nSPS) is 21.9. The summed E-state index contributed by atoms with van der Waals surface area (Å²) in [6.45, 7) is 8.89. The van der Waals surface area contributed by atoms with Crippen LogP contribution in [0.5, 0.6) is 0 Å². The van der Waals surface area contributed by atoms with Crippen LogP contribution in [0.1, 0.15) is 40.0 Å². The molecule has 0 radical (unpaired) electrons. The topological polar surface area (TPSA) is 32.3 Å². The van der Waals surface area contributed by atoms with Crippen LogP contribution in [0, 0.1) is 0 Å². The molecule has 0 aliphatic carbocycles. The second-order valence-corrected chi connectivity index (χ2v) is 4.39. The third-order valence-corrected chi connectivity index (χ3v) is 3.16. The smallest absolute Gasteiger partial charge is 0.249 e. The molecule has 0 aromatic carbocycles. The second kappa shape index (κ2) is 6.69. The summed E-state index contributed by atoms with van der Waals surface area (Å²) in [4.78, 5) is 14.2. The first-order valence-corrected chi connectivity index (χ1v) is 6.39. The Morgan fingerprint density at radius 1 is 1.50 bits per heavy atom. The van der Waals surface area contributed by atoms with E-state index in [1.165, 1.54) is 6.42 Å². The van der Waals surface area contributed by atoms with Crippen LogP contribution in [0.25, 0.3) is 0 Å². The van der Waals surface area contributed by atoms with Crippen LogP contribution in [-0.2, 0) is 4.79 Å². The lowest BCUT2D eigenvalue weighted by Gasteiger charge is -2.34. The van der Waals surface area contributed by atoms with E-state index in [0.29, 0.717) is 6.04 Å². The van der Waals surface area contributed by atoms with Gasteiger partial charge in [0.1, 0.15) is 0 Å². The molecule has 1 N–H and O–H groups in total. The summed E-state index contributed by atoms with van der Waals surface area (Å²) in [5, 5.41) is 3.36. The van der Waals surface area contributed by atoms with E-state index in [0.717, 1.165) is 38.0 Å². The molecule has 3 heteroatoms. The van der Waals surface area contributed by atoms with Crippen molar-refractivity contribution in [3.8, 4) is 0 Å². The molecule has 1 aliphatic rings. The maximum absolute atomic E-state index is 12.2. The van der Waals surface area contributed by atoms with Crippen LogP contribution in [-0.4, -0.2) is 36.5 Å². The predicted molar refractivity (Wildman–Crippen MR) is 67.3 cm³/mol. The SMILES string of the molecule is CCC=C(C)C(=O)N(CC)C1CCCNC1. The van der Waals surface area contributed by atoms with Crippen LogP contribution in [0.15, 0.2) is 11.6 Å². The average molecular weight is 224 g/mol. The lowest BCUT2D eigenvalue weighted by atomic mass is 10.0. The van der Waals surface area contributed by atoms with Gasteiger partial charge in [0, 0.05) is 24.7 Å². The van der Waals surface area contributed by atoms with Gasteiger partial charge in [-0.1, -0.05) is 13.0 Å². The highest BCUT2D eigenvalue weighted by Crippen LogP contribution is 2.13. The number of nitrogens with zero attached hydrogens (tertiary/aromatic N) is 1. The van der Waals surface area contributed by atoms with E-state index in [1.807, 2.05) is 17.9 Å². The quantitative estimate of drug-likeness (QED) is 0.740. The van der Waals surface area contributed by atoms with Crippen molar-refractivity contribution in [2.45, 2.75) is 46.1 Å². The third-order valence-electron chi connectivity index (χ3n) is 3.16. The fourth-order valence-corrected chi connectivity index (χ4v) is 2.29. The van der Waals surface area contributed by atoms with Gasteiger partial charge in [-0.3, -0.25) is 4.79 Å². The first-order valence-electron chi connectivity index (χ1n) is 6.39. The molecule has 1 rings (SSSR count). The Kier molecular flexibility index (Phi) is 5.53. The van der Waals surface area contributed by atoms with Gasteiger partial charge >= 0.3 is 0 Å². The van der Waals surface area contributed by atoms with Gasteiger partial charge in [-0.2, -0.15) is 0 Å². The van der Waals surface area contributed by atoms with Gasteiger partial charge in [0.05, 0.1) is 0 Å². The largest absolute Gasteiger partial charge is 0.335 e. The number of amides is 1. The lowest BCUT2D eigenvalue weighted by molar-refractivity contribution is -0.129. The number of carbonyl (C=O) groups excluding carboxylic acids is 1. The Labute approximate surface area is 98.9 Å². The fraction of sp³-hybridized carbons (Fsp3) is 0.769. The zero-order valence-electron chi connectivity index (χ0n) is 10.8. The summed E-state index contributed by atoms with van der Waals surface area (Å²) >= 11 is 0. The van der Waals surface area contributed by atoms with Crippen LogP contribution in [0.3, 0.4) is 0 Å². The number of nitrogens with one attached hydrogen (secondary N) is 1. The maximum Gasteiger partial charge on any atom is 0.249 e. The van der Waals surface area contributed by atoms with Gasteiger partial charge in [-0.05, 0) is 39.7 Å². The Balaban J connectivity index is 2.65. The van der Waals surface area contributed by atoms with Crippen LogP contribution in [0.2, 0.25) is 0 Å². The highest BCUT2D eigenvalue weighted by molar-refractivity contribution is 5.93. The van der Waals surface area contributed by atoms with Crippen molar-refractivity contribution in [3.05, 3.63) is 11.6 Å². The van der Waals surface area contributed by atoms with E-state index in [-0.39, 0.29) is 5.91 Å². The molecule has 1 heterocycles. The number of carbonyl (C=O) groups is 1. The van der Waals surface area contributed by atoms with E-state index < -0.39 is 0 Å². The van der Waals surface area contributed by atoms with Crippen molar-refractivity contribution in [1.29, 1.82) is 0 Å². The Hall–Kier alpha value is -0.830. The molecule has 1 aliphatic heterocycles. The van der Waals surface area contributed by atoms with Crippen molar-refractivity contribution >= 4 is 5.91 Å². The standard InChI is InChI=1S/C13H24N2O/c1-4-7-11(3)13(16)15(5-2)12-8-6-9-14-10-12/h7,12,14H,4-6,8-10H2,1-3H3. The van der Waals surface area contributed by atoms with E-state index in [9.17, 15) is 4.79 Å². The molecule has 0 saturated carbocycles. The van der Waals surface area contributed by atoms with Gasteiger partial charge in [0.25, 0.3) is 0 Å². The number of rotatable bonds is 4. The van der Waals surface area contributed by atoms with Gasteiger partial charge in [0.15, 0.2) is 0 Å². The summed E-state index contributed by atoms with van der Waals surface area (Å²) in [5.74, 6) is 0.207. The van der Waals surface area contributed by atoms with Gasteiger partial charge < -0.3 is 10.2 Å². The number of likely N-dealkylation sites (N-methyl/N-ethyl adjacent to an activating group) is 1. The van der Waals surface area contributed by atoms with Gasteiger partial charge in [-0.15, -0.1) is 0 Å². The molecule has 0 spiro atoms. The Morgan fingerprint density at radius 3 is 2.75 bits per heavy atom. The molecule has 1 fully saturated rings. The molecule has 16 heavy (non-hydrogen) atoms. The summed E-state index contributed by atoms with van der Waals surface area (Å²) in [6.07, 6.45) is 5.25. The summed E-state index contributed by atoms with van der Waals surface area (Å²) < 4.78 is 0. The van der Waals surface area contributed by atoms with Crippen molar-refractivity contribution < 1.29 is 4.79 Å². The van der Waals surface area contributed by atoms with E-state index >= 15 is 0 Å². The first-order chi connectivity index (χ1) is 7.70. The maximum atomic E-state index is 12.2. The number of hydrogen-bond acceptors (Lipinski definition) is 2. The van der Waals surface area contributed by atoms with Crippen molar-refractivity contribution in [2.24, 2.45) is 0 Å². The summed E-state index contributed by atoms with van der Waals surface area (Å²) in [5.41, 5.74) is 0.884. The minimum absolute atomic E-state index is 0.207. The summed E-state index contributed by atoms with van der Waals surface area (Å²) in [6, 6.07) is 0.381. The predicted octanol–water partition coefficient (Wildman–Crippen LogP) is 1.94. The second-order valence-electron chi connectivity index (χ2n) is 4.39. The Morgan fingerprint density at radius 2 is 2.25 bits per heavy atom. The van der Waals surface area contributed by atoms with Crippen molar-refractivity contribution in [3.63, 3.8) is 0 Å². The molecule has 3 nitrogen and oxygen atoms in total.